The van der Waals surface area contributed by atoms with Gasteiger partial charge in [-0.3, -0.25) is 9.79 Å². The van der Waals surface area contributed by atoms with E-state index in [4.69, 9.17) is 9.47 Å². The number of ether oxygens (including phenoxy) is 2. The maximum absolute atomic E-state index is 11.5. The molecule has 0 spiro atoms. The van der Waals surface area contributed by atoms with E-state index in [-0.39, 0.29) is 36.7 Å². The molecular weight excluding hydrogens is 423 g/mol. The van der Waals surface area contributed by atoms with Crippen LogP contribution in [0.5, 0.6) is 11.5 Å². The number of nitrogens with one attached hydrogen (secondary N) is 3. The van der Waals surface area contributed by atoms with Gasteiger partial charge in [0, 0.05) is 33.1 Å². The molecule has 1 aliphatic rings. The number of hydrogen-bond donors (Lipinski definition) is 3. The van der Waals surface area contributed by atoms with Crippen LogP contribution in [0.25, 0.3) is 0 Å². The van der Waals surface area contributed by atoms with Crippen LogP contribution in [0.2, 0.25) is 0 Å². The monoisotopic (exact) mass is 448 g/mol. The molecule has 2 rings (SSSR count). The van der Waals surface area contributed by atoms with E-state index in [1.165, 1.54) is 0 Å². The summed E-state index contributed by atoms with van der Waals surface area (Å²) in [5.74, 6) is 2.24. The summed E-state index contributed by atoms with van der Waals surface area (Å²) >= 11 is 0. The van der Waals surface area contributed by atoms with Crippen molar-refractivity contribution in [2.45, 2.75) is 26.3 Å². The minimum absolute atomic E-state index is 0. The smallest absolute Gasteiger partial charge is 0.231 e. The van der Waals surface area contributed by atoms with E-state index < -0.39 is 0 Å². The van der Waals surface area contributed by atoms with E-state index in [9.17, 15) is 4.79 Å². The lowest BCUT2D eigenvalue weighted by Crippen LogP contribution is -2.39. The Morgan fingerprint density at radius 1 is 1.17 bits per heavy atom. The Morgan fingerprint density at radius 3 is 2.71 bits per heavy atom. The highest BCUT2D eigenvalue weighted by Gasteiger charge is 2.13. The number of amides is 1. The molecule has 3 N–H and O–H groups in total. The highest BCUT2D eigenvalue weighted by Crippen LogP contribution is 2.32. The lowest BCUT2D eigenvalue weighted by molar-refractivity contribution is -0.120. The van der Waals surface area contributed by atoms with Crippen LogP contribution in [0, 0.1) is 0 Å². The summed E-state index contributed by atoms with van der Waals surface area (Å²) in [7, 11) is 1.70. The maximum Gasteiger partial charge on any atom is 0.231 e. The van der Waals surface area contributed by atoms with Gasteiger partial charge in [-0.15, -0.1) is 24.0 Å². The van der Waals surface area contributed by atoms with Crippen molar-refractivity contribution in [2.24, 2.45) is 4.99 Å². The Kier molecular flexibility index (Phi) is 9.28. The minimum Gasteiger partial charge on any atom is -0.454 e. The number of benzene rings is 1. The predicted octanol–water partition coefficient (Wildman–Crippen LogP) is 1.61. The van der Waals surface area contributed by atoms with Crippen LogP contribution in [-0.2, 0) is 11.3 Å². The van der Waals surface area contributed by atoms with Gasteiger partial charge in [-0.2, -0.15) is 0 Å². The van der Waals surface area contributed by atoms with Crippen molar-refractivity contribution in [3.8, 4) is 11.5 Å². The molecule has 0 saturated heterocycles. The minimum atomic E-state index is 0. The van der Waals surface area contributed by atoms with Gasteiger partial charge >= 0.3 is 0 Å². The quantitative estimate of drug-likeness (QED) is 0.336. The van der Waals surface area contributed by atoms with Crippen LogP contribution in [0.1, 0.15) is 25.3 Å². The van der Waals surface area contributed by atoms with Crippen LogP contribution in [-0.4, -0.2) is 38.8 Å². The summed E-state index contributed by atoms with van der Waals surface area (Å²) < 4.78 is 10.6. The van der Waals surface area contributed by atoms with Crippen molar-refractivity contribution in [1.82, 2.24) is 16.0 Å². The zero-order valence-electron chi connectivity index (χ0n) is 14.1. The fourth-order valence-electron chi connectivity index (χ4n) is 2.10. The summed E-state index contributed by atoms with van der Waals surface area (Å²) in [5.41, 5.74) is 1.07. The molecule has 8 heteroatoms. The Balaban J connectivity index is 0.00000288. The number of aliphatic imine (C=N–C) groups is 1. The first kappa shape index (κ1) is 20.3. The van der Waals surface area contributed by atoms with E-state index in [2.05, 4.69) is 20.9 Å². The number of hydrogen-bond acceptors (Lipinski definition) is 4. The maximum atomic E-state index is 11.5. The fraction of sp³-hybridized carbons (Fsp3) is 0.500. The Hall–Kier alpha value is -1.71. The molecule has 0 unspecified atom stereocenters. The van der Waals surface area contributed by atoms with Crippen molar-refractivity contribution in [3.05, 3.63) is 23.8 Å². The molecule has 134 valence electrons. The Bertz CT molecular complexity index is 566. The molecule has 0 bridgehead atoms. The van der Waals surface area contributed by atoms with Gasteiger partial charge in [0.05, 0.1) is 0 Å². The first-order valence-electron chi connectivity index (χ1n) is 7.82. The van der Waals surface area contributed by atoms with E-state index in [0.29, 0.717) is 25.5 Å². The highest BCUT2D eigenvalue weighted by molar-refractivity contribution is 14.0. The topological polar surface area (TPSA) is 84.0 Å². The van der Waals surface area contributed by atoms with Gasteiger partial charge in [0.15, 0.2) is 17.5 Å². The van der Waals surface area contributed by atoms with Gasteiger partial charge in [-0.25, -0.2) is 0 Å². The van der Waals surface area contributed by atoms with E-state index in [0.717, 1.165) is 30.0 Å². The molecule has 0 aliphatic carbocycles. The molecule has 1 aromatic rings. The third kappa shape index (κ3) is 6.42. The number of fused-ring (bicyclic) bond motifs is 1. The van der Waals surface area contributed by atoms with Crippen molar-refractivity contribution < 1.29 is 14.3 Å². The number of nitrogens with zero attached hydrogens (tertiary/aromatic N) is 1. The van der Waals surface area contributed by atoms with Gasteiger partial charge in [0.2, 0.25) is 12.7 Å². The standard InChI is InChI=1S/C16H24N4O3.HI/c1-3-7-18-15(21)6-8-19-16(17-2)20-10-12-4-5-13-14(9-12)23-11-22-13;/h4-5,9H,3,6-8,10-11H2,1-2H3,(H,18,21)(H2,17,19,20);1H. The summed E-state index contributed by atoms with van der Waals surface area (Å²) in [4.78, 5) is 15.7. The number of carbonyl (C=O) groups excluding carboxylic acids is 1. The van der Waals surface area contributed by atoms with Crippen molar-refractivity contribution in [3.63, 3.8) is 0 Å². The van der Waals surface area contributed by atoms with Gasteiger partial charge in [0.25, 0.3) is 0 Å². The number of carbonyl (C=O) groups is 1. The van der Waals surface area contributed by atoms with E-state index >= 15 is 0 Å². The van der Waals surface area contributed by atoms with E-state index in [1.54, 1.807) is 7.05 Å². The summed E-state index contributed by atoms with van der Waals surface area (Å²) in [6.07, 6.45) is 1.36. The van der Waals surface area contributed by atoms with Gasteiger partial charge in [-0.1, -0.05) is 13.0 Å². The van der Waals surface area contributed by atoms with Crippen LogP contribution in [0.15, 0.2) is 23.2 Å². The first-order chi connectivity index (χ1) is 11.2. The molecular formula is C16H25IN4O3. The van der Waals surface area contributed by atoms with Crippen LogP contribution < -0.4 is 25.4 Å². The summed E-state index contributed by atoms with van der Waals surface area (Å²) in [6.45, 7) is 4.17. The zero-order chi connectivity index (χ0) is 16.5. The van der Waals surface area contributed by atoms with E-state index in [1.807, 2.05) is 25.1 Å². The second-order valence-corrected chi connectivity index (χ2v) is 5.14. The predicted molar refractivity (Wildman–Crippen MR) is 104 cm³/mol. The average molecular weight is 448 g/mol. The number of halogens is 1. The molecule has 1 amide bonds. The molecule has 7 nitrogen and oxygen atoms in total. The van der Waals surface area contributed by atoms with Gasteiger partial charge in [0.1, 0.15) is 0 Å². The highest BCUT2D eigenvalue weighted by atomic mass is 127. The van der Waals surface area contributed by atoms with Crippen LogP contribution in [0.4, 0.5) is 0 Å². The Labute approximate surface area is 159 Å². The molecule has 0 radical (unpaired) electrons. The lowest BCUT2D eigenvalue weighted by atomic mass is 10.2. The molecule has 1 aromatic carbocycles. The fourth-order valence-corrected chi connectivity index (χ4v) is 2.10. The van der Waals surface area contributed by atoms with Crippen molar-refractivity contribution in [2.75, 3.05) is 26.9 Å². The zero-order valence-corrected chi connectivity index (χ0v) is 16.4. The molecule has 0 saturated carbocycles. The summed E-state index contributed by atoms with van der Waals surface area (Å²) in [6, 6.07) is 5.82. The van der Waals surface area contributed by atoms with Crippen LogP contribution >= 0.6 is 24.0 Å². The van der Waals surface area contributed by atoms with Gasteiger partial charge in [-0.05, 0) is 24.1 Å². The molecule has 1 aliphatic heterocycles. The molecule has 24 heavy (non-hydrogen) atoms. The normalized spacial score (nSPS) is 12.3. The molecule has 0 aromatic heterocycles. The summed E-state index contributed by atoms with van der Waals surface area (Å²) in [5, 5.41) is 9.17. The van der Waals surface area contributed by atoms with Gasteiger partial charge < -0.3 is 25.4 Å². The third-order valence-electron chi connectivity index (χ3n) is 3.34. The number of guanidine groups is 1. The second kappa shape index (κ2) is 11.0. The number of rotatable bonds is 7. The van der Waals surface area contributed by atoms with Crippen molar-refractivity contribution in [1.29, 1.82) is 0 Å². The van der Waals surface area contributed by atoms with Crippen molar-refractivity contribution >= 4 is 35.8 Å². The largest absolute Gasteiger partial charge is 0.454 e. The third-order valence-corrected chi connectivity index (χ3v) is 3.34. The SMILES string of the molecule is CCCNC(=O)CCNC(=NC)NCc1ccc2c(c1)OCO2.I. The second-order valence-electron chi connectivity index (χ2n) is 5.14. The molecule has 0 fully saturated rings. The molecule has 1 heterocycles. The first-order valence-corrected chi connectivity index (χ1v) is 7.82. The Morgan fingerprint density at radius 2 is 1.96 bits per heavy atom. The molecule has 0 atom stereocenters. The van der Waals surface area contributed by atoms with Crippen LogP contribution in [0.3, 0.4) is 0 Å². The lowest BCUT2D eigenvalue weighted by Gasteiger charge is -2.12. The average Bonchev–Trinajstić information content (AvgIpc) is 3.03.